The third-order valence-electron chi connectivity index (χ3n) is 2.54. The molecule has 1 aromatic carbocycles. The van der Waals surface area contributed by atoms with Crippen molar-refractivity contribution in [3.05, 3.63) is 53.6 Å². The monoisotopic (exact) mass is 216 g/mol. The third-order valence-corrected chi connectivity index (χ3v) is 2.54. The molecule has 0 aliphatic rings. The molecule has 0 aliphatic carbocycles. The molecule has 0 fully saturated rings. The molecule has 3 heteroatoms. The number of nitrogens with zero attached hydrogens (tertiary/aromatic N) is 1. The quantitative estimate of drug-likeness (QED) is 0.838. The van der Waals surface area contributed by atoms with Gasteiger partial charge in [0, 0.05) is 24.5 Å². The predicted molar refractivity (Wildman–Crippen MR) is 62.3 cm³/mol. The number of aromatic nitrogens is 1. The Morgan fingerprint density at radius 1 is 1.25 bits per heavy atom. The summed E-state index contributed by atoms with van der Waals surface area (Å²) in [6.45, 7) is 2.39. The van der Waals surface area contributed by atoms with Crippen LogP contribution < -0.4 is 5.73 Å². The van der Waals surface area contributed by atoms with Crippen LogP contribution in [0, 0.1) is 12.7 Å². The summed E-state index contributed by atoms with van der Waals surface area (Å²) in [7, 11) is 0. The lowest BCUT2D eigenvalue weighted by Gasteiger charge is -2.07. The molecular weight excluding hydrogens is 203 g/mol. The first-order valence-corrected chi connectivity index (χ1v) is 5.11. The summed E-state index contributed by atoms with van der Waals surface area (Å²) in [5.41, 5.74) is 9.29. The molecule has 2 aromatic rings. The summed E-state index contributed by atoms with van der Waals surface area (Å²) in [5.74, 6) is -0.237. The Balaban J connectivity index is 2.53. The lowest BCUT2D eigenvalue weighted by atomic mass is 10.0. The Kier molecular flexibility index (Phi) is 2.97. The third kappa shape index (κ3) is 2.09. The van der Waals surface area contributed by atoms with E-state index >= 15 is 0 Å². The average molecular weight is 216 g/mol. The molecule has 0 atom stereocenters. The van der Waals surface area contributed by atoms with Crippen molar-refractivity contribution in [1.29, 1.82) is 0 Å². The molecule has 2 N–H and O–H groups in total. The summed E-state index contributed by atoms with van der Waals surface area (Å²) in [6, 6.07) is 6.68. The molecule has 0 radical (unpaired) electrons. The number of hydrogen-bond acceptors (Lipinski definition) is 2. The van der Waals surface area contributed by atoms with E-state index in [0.29, 0.717) is 6.54 Å². The van der Waals surface area contributed by atoms with Crippen molar-refractivity contribution in [2.75, 3.05) is 0 Å². The predicted octanol–water partition coefficient (Wildman–Crippen LogP) is 2.65. The normalized spacial score (nSPS) is 10.4. The maximum absolute atomic E-state index is 13.2. The molecule has 1 aromatic heterocycles. The van der Waals surface area contributed by atoms with Crippen LogP contribution in [0.15, 0.2) is 36.7 Å². The lowest BCUT2D eigenvalue weighted by molar-refractivity contribution is 0.628. The second-order valence-corrected chi connectivity index (χ2v) is 3.75. The zero-order valence-electron chi connectivity index (χ0n) is 9.07. The van der Waals surface area contributed by atoms with Crippen LogP contribution in [0.3, 0.4) is 0 Å². The minimum absolute atomic E-state index is 0.237. The van der Waals surface area contributed by atoms with Crippen molar-refractivity contribution in [3.8, 4) is 11.1 Å². The standard InChI is InChI=1S/C13H13FN2/c1-9-2-3-12(14)5-13(9)11-4-10(6-15)7-16-8-11/h2-5,7-8H,6,15H2,1H3. The van der Waals surface area contributed by atoms with Crippen molar-refractivity contribution in [2.24, 2.45) is 5.73 Å². The average Bonchev–Trinajstić information content (AvgIpc) is 2.32. The largest absolute Gasteiger partial charge is 0.326 e. The van der Waals surface area contributed by atoms with E-state index in [2.05, 4.69) is 4.98 Å². The molecule has 0 bridgehead atoms. The van der Waals surface area contributed by atoms with Crippen molar-refractivity contribution in [1.82, 2.24) is 4.98 Å². The van der Waals surface area contributed by atoms with Crippen LogP contribution in [0.1, 0.15) is 11.1 Å². The molecule has 0 saturated heterocycles. The molecule has 1 heterocycles. The highest BCUT2D eigenvalue weighted by molar-refractivity contribution is 5.66. The van der Waals surface area contributed by atoms with E-state index in [1.165, 1.54) is 12.1 Å². The van der Waals surface area contributed by atoms with E-state index in [4.69, 9.17) is 5.73 Å². The highest BCUT2D eigenvalue weighted by Crippen LogP contribution is 2.24. The smallest absolute Gasteiger partial charge is 0.123 e. The fraction of sp³-hybridized carbons (Fsp3) is 0.154. The van der Waals surface area contributed by atoms with E-state index in [1.807, 2.05) is 13.0 Å². The number of nitrogens with two attached hydrogens (primary N) is 1. The van der Waals surface area contributed by atoms with Gasteiger partial charge in [0.1, 0.15) is 5.82 Å². The van der Waals surface area contributed by atoms with Gasteiger partial charge < -0.3 is 5.73 Å². The van der Waals surface area contributed by atoms with Crippen molar-refractivity contribution in [3.63, 3.8) is 0 Å². The SMILES string of the molecule is Cc1ccc(F)cc1-c1cncc(CN)c1. The summed E-state index contributed by atoms with van der Waals surface area (Å²) >= 11 is 0. The van der Waals surface area contributed by atoms with Crippen LogP contribution in [0.4, 0.5) is 4.39 Å². The Labute approximate surface area is 93.9 Å². The zero-order chi connectivity index (χ0) is 11.5. The molecule has 0 spiro atoms. The molecule has 2 nitrogen and oxygen atoms in total. The van der Waals surface area contributed by atoms with E-state index < -0.39 is 0 Å². The number of aryl methyl sites for hydroxylation is 1. The number of pyridine rings is 1. The molecule has 0 unspecified atom stereocenters. The fourth-order valence-electron chi connectivity index (χ4n) is 1.65. The molecule has 82 valence electrons. The van der Waals surface area contributed by atoms with Gasteiger partial charge in [-0.3, -0.25) is 4.98 Å². The second-order valence-electron chi connectivity index (χ2n) is 3.75. The van der Waals surface area contributed by atoms with Gasteiger partial charge >= 0.3 is 0 Å². The Morgan fingerprint density at radius 2 is 2.06 bits per heavy atom. The van der Waals surface area contributed by atoms with Gasteiger partial charge in [-0.05, 0) is 41.8 Å². The van der Waals surface area contributed by atoms with Crippen LogP contribution >= 0.6 is 0 Å². The van der Waals surface area contributed by atoms with Crippen molar-refractivity contribution in [2.45, 2.75) is 13.5 Å². The number of benzene rings is 1. The number of hydrogen-bond donors (Lipinski definition) is 1. The topological polar surface area (TPSA) is 38.9 Å². The molecule has 2 rings (SSSR count). The summed E-state index contributed by atoms with van der Waals surface area (Å²) < 4.78 is 13.2. The van der Waals surface area contributed by atoms with Crippen molar-refractivity contribution >= 4 is 0 Å². The molecule has 0 amide bonds. The number of halogens is 1. The number of rotatable bonds is 2. The highest BCUT2D eigenvalue weighted by atomic mass is 19.1. The lowest BCUT2D eigenvalue weighted by Crippen LogP contribution is -1.97. The van der Waals surface area contributed by atoms with Crippen LogP contribution in [0.25, 0.3) is 11.1 Å². The Bertz CT molecular complexity index is 509. The van der Waals surface area contributed by atoms with Crippen LogP contribution in [-0.4, -0.2) is 4.98 Å². The van der Waals surface area contributed by atoms with Gasteiger partial charge in [-0.2, -0.15) is 0 Å². The summed E-state index contributed by atoms with van der Waals surface area (Å²) in [4.78, 5) is 4.10. The van der Waals surface area contributed by atoms with Crippen molar-refractivity contribution < 1.29 is 4.39 Å². The maximum Gasteiger partial charge on any atom is 0.123 e. The van der Waals surface area contributed by atoms with Crippen LogP contribution in [0.2, 0.25) is 0 Å². The summed E-state index contributed by atoms with van der Waals surface area (Å²) in [5, 5.41) is 0. The van der Waals surface area contributed by atoms with Gasteiger partial charge in [0.15, 0.2) is 0 Å². The van der Waals surface area contributed by atoms with Gasteiger partial charge in [0.2, 0.25) is 0 Å². The van der Waals surface area contributed by atoms with Gasteiger partial charge in [0.05, 0.1) is 0 Å². The van der Waals surface area contributed by atoms with E-state index in [0.717, 1.165) is 22.3 Å². The van der Waals surface area contributed by atoms with Gasteiger partial charge in [-0.1, -0.05) is 6.07 Å². The van der Waals surface area contributed by atoms with Crippen LogP contribution in [-0.2, 0) is 6.54 Å². The molecule has 16 heavy (non-hydrogen) atoms. The molecule has 0 saturated carbocycles. The first kappa shape index (κ1) is 10.8. The minimum Gasteiger partial charge on any atom is -0.326 e. The highest BCUT2D eigenvalue weighted by Gasteiger charge is 2.04. The molecule has 0 aliphatic heterocycles. The first-order chi connectivity index (χ1) is 7.70. The van der Waals surface area contributed by atoms with E-state index in [1.54, 1.807) is 18.5 Å². The fourth-order valence-corrected chi connectivity index (χ4v) is 1.65. The minimum atomic E-state index is -0.237. The zero-order valence-corrected chi connectivity index (χ0v) is 9.07. The van der Waals surface area contributed by atoms with E-state index in [9.17, 15) is 4.39 Å². The summed E-state index contributed by atoms with van der Waals surface area (Å²) in [6.07, 6.45) is 3.44. The van der Waals surface area contributed by atoms with Gasteiger partial charge in [0.25, 0.3) is 0 Å². The van der Waals surface area contributed by atoms with Gasteiger partial charge in [-0.25, -0.2) is 4.39 Å². The maximum atomic E-state index is 13.2. The Hall–Kier alpha value is -1.74. The molecular formula is C13H13FN2. The van der Waals surface area contributed by atoms with E-state index in [-0.39, 0.29) is 5.82 Å². The first-order valence-electron chi connectivity index (χ1n) is 5.11. The van der Waals surface area contributed by atoms with Crippen LogP contribution in [0.5, 0.6) is 0 Å². The second kappa shape index (κ2) is 4.41. The van der Waals surface area contributed by atoms with Gasteiger partial charge in [-0.15, -0.1) is 0 Å². The Morgan fingerprint density at radius 3 is 2.81 bits per heavy atom.